The average Bonchev–Trinajstić information content (AvgIpc) is 3.05. The molecule has 2 aromatic rings. The van der Waals surface area contributed by atoms with Crippen molar-refractivity contribution >= 4 is 34.6 Å². The van der Waals surface area contributed by atoms with Gasteiger partial charge in [-0.05, 0) is 80.2 Å². The van der Waals surface area contributed by atoms with Crippen LogP contribution in [-0.4, -0.2) is 46.9 Å². The van der Waals surface area contributed by atoms with Gasteiger partial charge in [-0.3, -0.25) is 9.69 Å². The molecule has 0 aromatic heterocycles. The first-order chi connectivity index (χ1) is 17.0. The number of nitrogens with zero attached hydrogens (tertiary/aromatic N) is 4. The van der Waals surface area contributed by atoms with E-state index in [9.17, 15) is 23.1 Å². The van der Waals surface area contributed by atoms with Gasteiger partial charge in [-0.1, -0.05) is 12.1 Å². The maximum Gasteiger partial charge on any atom is 0.417 e. The largest absolute Gasteiger partial charge is 0.417 e. The van der Waals surface area contributed by atoms with Gasteiger partial charge in [-0.15, -0.1) is 0 Å². The highest BCUT2D eigenvalue weighted by Gasteiger charge is 2.59. The normalized spacial score (nSPS) is 18.8. The van der Waals surface area contributed by atoms with Gasteiger partial charge in [0.2, 0.25) is 5.91 Å². The second kappa shape index (κ2) is 9.71. The molecule has 10 heteroatoms. The van der Waals surface area contributed by atoms with E-state index in [0.29, 0.717) is 19.3 Å². The maximum absolute atomic E-state index is 13.6. The monoisotopic (exact) mass is 516 g/mol. The highest BCUT2D eigenvalue weighted by Crippen LogP contribution is 2.50. The Balaban J connectivity index is 1.60. The number of carbonyl (C=O) groups excluding carboxylic acids is 1. The van der Waals surface area contributed by atoms with E-state index in [1.807, 2.05) is 29.2 Å². The van der Waals surface area contributed by atoms with Gasteiger partial charge < -0.3 is 14.9 Å². The van der Waals surface area contributed by atoms with Crippen molar-refractivity contribution in [1.82, 2.24) is 4.90 Å². The lowest BCUT2D eigenvalue weighted by Crippen LogP contribution is -2.57. The van der Waals surface area contributed by atoms with Crippen LogP contribution in [0.1, 0.15) is 48.8 Å². The van der Waals surface area contributed by atoms with Crippen molar-refractivity contribution in [2.45, 2.75) is 56.5 Å². The molecular formula is C26H27F3N4O2S. The zero-order valence-corrected chi connectivity index (χ0v) is 20.9. The first kappa shape index (κ1) is 25.9. The minimum absolute atomic E-state index is 0.0755. The van der Waals surface area contributed by atoms with Crippen LogP contribution in [0.5, 0.6) is 0 Å². The molecule has 2 aromatic carbocycles. The van der Waals surface area contributed by atoms with E-state index in [2.05, 4.69) is 0 Å². The van der Waals surface area contributed by atoms with E-state index in [-0.39, 0.29) is 16.7 Å². The zero-order valence-electron chi connectivity index (χ0n) is 20.0. The summed E-state index contributed by atoms with van der Waals surface area (Å²) in [5.41, 5.74) is -0.380. The van der Waals surface area contributed by atoms with E-state index < -0.39 is 29.1 Å². The number of hydrogen-bond acceptors (Lipinski definition) is 4. The number of alkyl halides is 3. The molecule has 0 radical (unpaired) electrons. The van der Waals surface area contributed by atoms with Crippen molar-refractivity contribution in [3.05, 3.63) is 59.2 Å². The van der Waals surface area contributed by atoms with Gasteiger partial charge in [0.1, 0.15) is 0 Å². The third-order valence-corrected chi connectivity index (χ3v) is 7.42. The van der Waals surface area contributed by atoms with Crippen molar-refractivity contribution in [2.24, 2.45) is 0 Å². The lowest BCUT2D eigenvalue weighted by Gasteiger charge is -2.46. The summed E-state index contributed by atoms with van der Waals surface area (Å²) in [6, 6.07) is 12.6. The van der Waals surface area contributed by atoms with Crippen molar-refractivity contribution < 1.29 is 23.1 Å². The average molecular weight is 517 g/mol. The van der Waals surface area contributed by atoms with E-state index in [1.54, 1.807) is 25.1 Å². The Kier molecular flexibility index (Phi) is 6.99. The molecule has 4 rings (SSSR count). The summed E-state index contributed by atoms with van der Waals surface area (Å²) in [6.07, 6.45) is -1.80. The summed E-state index contributed by atoms with van der Waals surface area (Å²) < 4.78 is 40.7. The van der Waals surface area contributed by atoms with Crippen LogP contribution in [0.3, 0.4) is 0 Å². The molecule has 6 nitrogen and oxygen atoms in total. The SMILES string of the molecule is CN(C)C(=O)CCCc1ccc(N2C(=S)N(c3ccc(C#N)c(C(F)(F)F)c3)C(O)C23CCC3)cc1. The number of halogens is 3. The molecule has 1 saturated carbocycles. The molecule has 1 aliphatic heterocycles. The minimum atomic E-state index is -4.71. The Labute approximate surface area is 213 Å². The number of anilines is 2. The van der Waals surface area contributed by atoms with Gasteiger partial charge in [0.05, 0.1) is 22.7 Å². The van der Waals surface area contributed by atoms with Crippen LogP contribution >= 0.6 is 12.2 Å². The predicted octanol–water partition coefficient (Wildman–Crippen LogP) is 4.84. The van der Waals surface area contributed by atoms with E-state index in [0.717, 1.165) is 42.6 Å². The number of benzene rings is 2. The van der Waals surface area contributed by atoms with Gasteiger partial charge in [0.15, 0.2) is 11.3 Å². The fourth-order valence-corrected chi connectivity index (χ4v) is 5.38. The third-order valence-electron chi connectivity index (χ3n) is 7.04. The lowest BCUT2D eigenvalue weighted by molar-refractivity contribution is -0.137. The summed E-state index contributed by atoms with van der Waals surface area (Å²) >= 11 is 5.71. The molecule has 1 spiro atoms. The highest BCUT2D eigenvalue weighted by atomic mass is 32.1. The molecule has 2 aliphatic rings. The maximum atomic E-state index is 13.6. The van der Waals surface area contributed by atoms with E-state index in [4.69, 9.17) is 17.5 Å². The molecule has 1 atom stereocenters. The standard InChI is InChI=1S/C26H27F3N4O2S/c1-31(2)22(34)6-3-5-17-7-10-19(11-8-17)33-24(36)32(23(35)25(33)13-4-14-25)20-12-9-18(16-30)21(15-20)26(27,28)29/h7-12,15,23,35H,3-6,13-14H2,1-2H3. The second-order valence-electron chi connectivity index (χ2n) is 9.47. The first-order valence-electron chi connectivity index (χ1n) is 11.7. The molecule has 1 N–H and O–H groups in total. The Bertz CT molecular complexity index is 1200. The van der Waals surface area contributed by atoms with Crippen LogP contribution in [0.25, 0.3) is 0 Å². The molecule has 2 fully saturated rings. The predicted molar refractivity (Wildman–Crippen MR) is 134 cm³/mol. The van der Waals surface area contributed by atoms with E-state index >= 15 is 0 Å². The molecule has 36 heavy (non-hydrogen) atoms. The number of thiocarbonyl (C=S) groups is 1. The number of carbonyl (C=O) groups is 1. The third kappa shape index (κ3) is 4.53. The van der Waals surface area contributed by atoms with Crippen LogP contribution < -0.4 is 9.80 Å². The fraction of sp³-hybridized carbons (Fsp3) is 0.423. The molecule has 1 saturated heterocycles. The fourth-order valence-electron chi connectivity index (χ4n) is 4.89. The molecule has 1 heterocycles. The minimum Gasteiger partial charge on any atom is -0.371 e. The smallest absolute Gasteiger partial charge is 0.371 e. The van der Waals surface area contributed by atoms with Crippen molar-refractivity contribution in [2.75, 3.05) is 23.9 Å². The number of aliphatic hydroxyl groups is 1. The van der Waals surface area contributed by atoms with Gasteiger partial charge in [-0.2, -0.15) is 18.4 Å². The van der Waals surface area contributed by atoms with Crippen molar-refractivity contribution in [1.29, 1.82) is 5.26 Å². The molecule has 1 amide bonds. The van der Waals surface area contributed by atoms with Crippen LogP contribution in [-0.2, 0) is 17.4 Å². The van der Waals surface area contributed by atoms with Crippen LogP contribution in [0, 0.1) is 11.3 Å². The molecule has 1 unspecified atom stereocenters. The zero-order chi connectivity index (χ0) is 26.3. The summed E-state index contributed by atoms with van der Waals surface area (Å²) in [5, 5.41) is 20.7. The Morgan fingerprint density at radius 3 is 2.36 bits per heavy atom. The van der Waals surface area contributed by atoms with Gasteiger partial charge in [0, 0.05) is 31.9 Å². The van der Waals surface area contributed by atoms with Crippen LogP contribution in [0.4, 0.5) is 24.5 Å². The number of amides is 1. The molecule has 0 bridgehead atoms. The molecule has 1 aliphatic carbocycles. The van der Waals surface area contributed by atoms with Crippen molar-refractivity contribution in [3.8, 4) is 6.07 Å². The van der Waals surface area contributed by atoms with Gasteiger partial charge in [0.25, 0.3) is 0 Å². The second-order valence-corrected chi connectivity index (χ2v) is 9.83. The van der Waals surface area contributed by atoms with Gasteiger partial charge in [-0.25, -0.2) is 0 Å². The Morgan fingerprint density at radius 2 is 1.83 bits per heavy atom. The summed E-state index contributed by atoms with van der Waals surface area (Å²) in [6.45, 7) is 0. The number of rotatable bonds is 6. The van der Waals surface area contributed by atoms with Crippen LogP contribution in [0.2, 0.25) is 0 Å². The summed E-state index contributed by atoms with van der Waals surface area (Å²) in [5.74, 6) is 0.0755. The number of aryl methyl sites for hydroxylation is 1. The van der Waals surface area contributed by atoms with Gasteiger partial charge >= 0.3 is 6.18 Å². The summed E-state index contributed by atoms with van der Waals surface area (Å²) in [4.78, 5) is 16.6. The Hall–Kier alpha value is -3.16. The lowest BCUT2D eigenvalue weighted by atomic mass is 9.74. The molecule has 190 valence electrons. The highest BCUT2D eigenvalue weighted by molar-refractivity contribution is 7.80. The van der Waals surface area contributed by atoms with Crippen LogP contribution in [0.15, 0.2) is 42.5 Å². The number of aliphatic hydroxyl groups excluding tert-OH is 1. The first-order valence-corrected chi connectivity index (χ1v) is 12.1. The Morgan fingerprint density at radius 1 is 1.19 bits per heavy atom. The number of hydrogen-bond donors (Lipinski definition) is 1. The molecular weight excluding hydrogens is 489 g/mol. The topological polar surface area (TPSA) is 70.8 Å². The summed E-state index contributed by atoms with van der Waals surface area (Å²) in [7, 11) is 3.46. The number of nitriles is 1. The van der Waals surface area contributed by atoms with E-state index in [1.165, 1.54) is 11.0 Å². The van der Waals surface area contributed by atoms with Crippen molar-refractivity contribution in [3.63, 3.8) is 0 Å². The quantitative estimate of drug-likeness (QED) is 0.554.